The van der Waals surface area contributed by atoms with Crippen LogP contribution in [-0.2, 0) is 0 Å². The van der Waals surface area contributed by atoms with Crippen molar-refractivity contribution < 1.29 is 4.74 Å². The lowest BCUT2D eigenvalue weighted by Crippen LogP contribution is -2.32. The summed E-state index contributed by atoms with van der Waals surface area (Å²) in [7, 11) is 4.22. The van der Waals surface area contributed by atoms with Gasteiger partial charge in [0.2, 0.25) is 0 Å². The zero-order valence-electron chi connectivity index (χ0n) is 12.9. The largest absolute Gasteiger partial charge is 0.494 e. The van der Waals surface area contributed by atoms with Gasteiger partial charge in [-0.05, 0) is 53.9 Å². The van der Waals surface area contributed by atoms with Crippen molar-refractivity contribution in [3.05, 3.63) is 29.8 Å². The average Bonchev–Trinajstić information content (AvgIpc) is 2.37. The molecule has 0 aliphatic heterocycles. The lowest BCUT2D eigenvalue weighted by atomic mass is 10.1. The van der Waals surface area contributed by atoms with Crippen molar-refractivity contribution in [2.45, 2.75) is 39.3 Å². The van der Waals surface area contributed by atoms with E-state index >= 15 is 0 Å². The average molecular weight is 264 g/mol. The third kappa shape index (κ3) is 5.62. The molecule has 0 aliphatic carbocycles. The van der Waals surface area contributed by atoms with Gasteiger partial charge in [-0.2, -0.15) is 0 Å². The summed E-state index contributed by atoms with van der Waals surface area (Å²) in [5.41, 5.74) is 1.24. The lowest BCUT2D eigenvalue weighted by Gasteiger charge is -2.23. The Bertz CT molecular complexity index is 366. The van der Waals surface area contributed by atoms with Crippen LogP contribution in [0.25, 0.3) is 0 Å². The van der Waals surface area contributed by atoms with Crippen LogP contribution in [0.15, 0.2) is 24.3 Å². The minimum atomic E-state index is 0.305. The summed E-state index contributed by atoms with van der Waals surface area (Å²) in [6, 6.07) is 9.08. The third-order valence-corrected chi connectivity index (χ3v) is 3.23. The van der Waals surface area contributed by atoms with E-state index in [2.05, 4.69) is 50.3 Å². The number of nitrogens with zero attached hydrogens (tertiary/aromatic N) is 1. The van der Waals surface area contributed by atoms with Crippen molar-refractivity contribution in [1.29, 1.82) is 0 Å². The van der Waals surface area contributed by atoms with Gasteiger partial charge in [-0.15, -0.1) is 0 Å². The van der Waals surface area contributed by atoms with Gasteiger partial charge in [-0.3, -0.25) is 0 Å². The second-order valence-electron chi connectivity index (χ2n) is 5.35. The molecule has 3 nitrogen and oxygen atoms in total. The normalized spacial score (nSPS) is 14.4. The number of rotatable bonds is 8. The van der Waals surface area contributed by atoms with Gasteiger partial charge >= 0.3 is 0 Å². The maximum atomic E-state index is 5.69. The van der Waals surface area contributed by atoms with Crippen LogP contribution in [0.5, 0.6) is 5.75 Å². The standard InChI is InChI=1S/C16H28N2O/c1-6-19-16-10-8-7-9-15(16)14(3)17-13(2)11-12-18(4)5/h7-10,13-14,17H,6,11-12H2,1-5H3. The second kappa shape index (κ2) is 8.18. The van der Waals surface area contributed by atoms with Crippen LogP contribution < -0.4 is 10.1 Å². The van der Waals surface area contributed by atoms with Crippen LogP contribution in [-0.4, -0.2) is 38.2 Å². The highest BCUT2D eigenvalue weighted by Crippen LogP contribution is 2.25. The monoisotopic (exact) mass is 264 g/mol. The molecule has 0 aliphatic rings. The van der Waals surface area contributed by atoms with Gasteiger partial charge in [-0.25, -0.2) is 0 Å². The molecular formula is C16H28N2O. The molecule has 0 heterocycles. The molecule has 1 rings (SSSR count). The maximum absolute atomic E-state index is 5.69. The first kappa shape index (κ1) is 16.0. The van der Waals surface area contributed by atoms with Gasteiger partial charge in [0, 0.05) is 17.6 Å². The molecule has 1 aromatic carbocycles. The molecular weight excluding hydrogens is 236 g/mol. The van der Waals surface area contributed by atoms with Gasteiger partial charge in [0.1, 0.15) is 5.75 Å². The van der Waals surface area contributed by atoms with Crippen molar-refractivity contribution in [3.63, 3.8) is 0 Å². The number of hydrogen-bond donors (Lipinski definition) is 1. The Hall–Kier alpha value is -1.06. The molecule has 1 aromatic rings. The topological polar surface area (TPSA) is 24.5 Å². The van der Waals surface area contributed by atoms with E-state index in [1.54, 1.807) is 0 Å². The molecule has 0 saturated heterocycles. The van der Waals surface area contributed by atoms with Gasteiger partial charge in [0.15, 0.2) is 0 Å². The van der Waals surface area contributed by atoms with Crippen LogP contribution in [0.4, 0.5) is 0 Å². The molecule has 0 spiro atoms. The summed E-state index contributed by atoms with van der Waals surface area (Å²) >= 11 is 0. The fourth-order valence-electron chi connectivity index (χ4n) is 2.18. The Balaban J connectivity index is 2.59. The molecule has 19 heavy (non-hydrogen) atoms. The maximum Gasteiger partial charge on any atom is 0.124 e. The van der Waals surface area contributed by atoms with E-state index in [1.165, 1.54) is 5.56 Å². The Kier molecular flexibility index (Phi) is 6.89. The molecule has 2 atom stereocenters. The minimum Gasteiger partial charge on any atom is -0.494 e. The van der Waals surface area contributed by atoms with Crippen molar-refractivity contribution in [2.75, 3.05) is 27.2 Å². The Morgan fingerprint density at radius 2 is 1.89 bits per heavy atom. The van der Waals surface area contributed by atoms with Crippen LogP contribution >= 0.6 is 0 Å². The fourth-order valence-corrected chi connectivity index (χ4v) is 2.18. The van der Waals surface area contributed by atoms with Gasteiger partial charge < -0.3 is 15.0 Å². The molecule has 0 bridgehead atoms. The van der Waals surface area contributed by atoms with E-state index in [4.69, 9.17) is 4.74 Å². The van der Waals surface area contributed by atoms with Crippen molar-refractivity contribution in [1.82, 2.24) is 10.2 Å². The molecule has 0 amide bonds. The van der Waals surface area contributed by atoms with Crippen molar-refractivity contribution >= 4 is 0 Å². The summed E-state index contributed by atoms with van der Waals surface area (Å²) in [5.74, 6) is 0.991. The van der Waals surface area contributed by atoms with E-state index in [0.717, 1.165) is 18.7 Å². The quantitative estimate of drug-likeness (QED) is 0.781. The highest BCUT2D eigenvalue weighted by molar-refractivity contribution is 5.35. The number of benzene rings is 1. The van der Waals surface area contributed by atoms with E-state index in [9.17, 15) is 0 Å². The molecule has 0 aromatic heterocycles. The van der Waals surface area contributed by atoms with Crippen LogP contribution in [0.3, 0.4) is 0 Å². The first-order valence-corrected chi connectivity index (χ1v) is 7.17. The zero-order chi connectivity index (χ0) is 14.3. The molecule has 1 N–H and O–H groups in total. The highest BCUT2D eigenvalue weighted by atomic mass is 16.5. The molecule has 3 heteroatoms. The number of ether oxygens (including phenoxy) is 1. The Morgan fingerprint density at radius 3 is 2.53 bits per heavy atom. The molecule has 0 fully saturated rings. The summed E-state index contributed by atoms with van der Waals surface area (Å²) in [6.45, 7) is 8.27. The van der Waals surface area contributed by atoms with Crippen molar-refractivity contribution in [2.24, 2.45) is 0 Å². The van der Waals surface area contributed by atoms with Gasteiger partial charge in [-0.1, -0.05) is 18.2 Å². The smallest absolute Gasteiger partial charge is 0.124 e. The summed E-state index contributed by atoms with van der Waals surface area (Å²) in [4.78, 5) is 2.22. The SMILES string of the molecule is CCOc1ccccc1C(C)NC(C)CCN(C)C. The first-order chi connectivity index (χ1) is 9.04. The Morgan fingerprint density at radius 1 is 1.21 bits per heavy atom. The predicted molar refractivity (Wildman–Crippen MR) is 81.8 cm³/mol. The fraction of sp³-hybridized carbons (Fsp3) is 0.625. The number of para-hydroxylation sites is 1. The minimum absolute atomic E-state index is 0.305. The van der Waals surface area contributed by atoms with Crippen LogP contribution in [0, 0.1) is 0 Å². The van der Waals surface area contributed by atoms with Crippen molar-refractivity contribution in [3.8, 4) is 5.75 Å². The molecule has 108 valence electrons. The molecule has 0 saturated carbocycles. The second-order valence-corrected chi connectivity index (χ2v) is 5.35. The summed E-state index contributed by atoms with van der Waals surface area (Å²) in [6.07, 6.45) is 1.15. The van der Waals surface area contributed by atoms with E-state index in [1.807, 2.05) is 19.1 Å². The lowest BCUT2D eigenvalue weighted by molar-refractivity contribution is 0.325. The predicted octanol–water partition coefficient (Wildman–Crippen LogP) is 3.08. The third-order valence-electron chi connectivity index (χ3n) is 3.23. The zero-order valence-corrected chi connectivity index (χ0v) is 12.9. The number of nitrogens with one attached hydrogen (secondary N) is 1. The van der Waals surface area contributed by atoms with Gasteiger partial charge in [0.25, 0.3) is 0 Å². The summed E-state index contributed by atoms with van der Waals surface area (Å²) < 4.78 is 5.69. The molecule has 0 radical (unpaired) electrons. The summed E-state index contributed by atoms with van der Waals surface area (Å²) in [5, 5.41) is 3.64. The van der Waals surface area contributed by atoms with E-state index in [-0.39, 0.29) is 0 Å². The van der Waals surface area contributed by atoms with E-state index < -0.39 is 0 Å². The molecule has 2 unspecified atom stereocenters. The van der Waals surface area contributed by atoms with Gasteiger partial charge in [0.05, 0.1) is 6.61 Å². The first-order valence-electron chi connectivity index (χ1n) is 7.17. The van der Waals surface area contributed by atoms with E-state index in [0.29, 0.717) is 18.7 Å². The number of hydrogen-bond acceptors (Lipinski definition) is 3. The highest BCUT2D eigenvalue weighted by Gasteiger charge is 2.13. The van der Waals surface area contributed by atoms with Crippen LogP contribution in [0.2, 0.25) is 0 Å². The van der Waals surface area contributed by atoms with Crippen LogP contribution in [0.1, 0.15) is 38.8 Å². The Labute approximate surface area is 118 Å².